The number of carbonyl (C=O) groups is 1. The average Bonchev–Trinajstić information content (AvgIpc) is 3.20. The van der Waals surface area contributed by atoms with E-state index in [-0.39, 0.29) is 23.3 Å². The van der Waals surface area contributed by atoms with Crippen LogP contribution >= 0.6 is 0 Å². The third-order valence-electron chi connectivity index (χ3n) is 6.37. The monoisotopic (exact) mass is 347 g/mol. The lowest BCUT2D eigenvalue weighted by Gasteiger charge is -2.61. The Morgan fingerprint density at radius 2 is 2.08 bits per heavy atom. The molecule has 138 valence electrons. The minimum Gasteiger partial charge on any atom is -0.381 e. The smallest absolute Gasteiger partial charge is 0.229 e. The molecule has 0 radical (unpaired) electrons. The molecule has 3 atom stereocenters. The van der Waals surface area contributed by atoms with Gasteiger partial charge >= 0.3 is 0 Å². The molecule has 0 aromatic carbocycles. The zero-order valence-corrected chi connectivity index (χ0v) is 15.5. The summed E-state index contributed by atoms with van der Waals surface area (Å²) in [5.41, 5.74) is 0.264. The maximum absolute atomic E-state index is 13.4. The van der Waals surface area contributed by atoms with Gasteiger partial charge in [0.05, 0.1) is 5.92 Å². The van der Waals surface area contributed by atoms with Crippen LogP contribution in [0.1, 0.15) is 45.0 Å². The van der Waals surface area contributed by atoms with Crippen molar-refractivity contribution in [3.8, 4) is 0 Å². The molecule has 6 nitrogen and oxygen atoms in total. The summed E-state index contributed by atoms with van der Waals surface area (Å²) in [6.07, 6.45) is 6.40. The summed E-state index contributed by atoms with van der Waals surface area (Å²) in [6.45, 7) is 7.64. The molecule has 6 heteroatoms. The van der Waals surface area contributed by atoms with Crippen molar-refractivity contribution in [2.24, 2.45) is 24.3 Å². The Kier molecular flexibility index (Phi) is 4.36. The summed E-state index contributed by atoms with van der Waals surface area (Å²) in [5.74, 6) is 1.46. The van der Waals surface area contributed by atoms with Gasteiger partial charge in [0.15, 0.2) is 0 Å². The number of nitrogens with zero attached hydrogens (tertiary/aromatic N) is 3. The van der Waals surface area contributed by atoms with E-state index in [1.807, 2.05) is 17.8 Å². The van der Waals surface area contributed by atoms with E-state index in [4.69, 9.17) is 9.47 Å². The lowest BCUT2D eigenvalue weighted by Crippen LogP contribution is -2.70. The molecule has 0 saturated carbocycles. The number of aryl methyl sites for hydroxylation is 1. The Hall–Kier alpha value is -1.40. The Bertz CT molecular complexity index is 636. The molecular weight excluding hydrogens is 318 g/mol. The van der Waals surface area contributed by atoms with Gasteiger partial charge < -0.3 is 18.9 Å². The molecule has 4 rings (SSSR count). The van der Waals surface area contributed by atoms with Crippen LogP contribution in [0.15, 0.2) is 12.4 Å². The number of hydrogen-bond donors (Lipinski definition) is 0. The first-order valence-corrected chi connectivity index (χ1v) is 9.50. The number of ether oxygens (including phenoxy) is 2. The van der Waals surface area contributed by atoms with Crippen molar-refractivity contribution in [1.82, 2.24) is 14.5 Å². The SMILES string of the molecule is CC(C)C1N(C(=O)[C@@H]2CCO[C@H]2c2nccn2C)CC12CCOCC2. The van der Waals surface area contributed by atoms with Crippen molar-refractivity contribution in [2.75, 3.05) is 26.4 Å². The number of amides is 1. The standard InChI is InChI=1S/C19H29N3O3/c1-13(2)16-19(5-10-24-11-6-19)12-22(16)18(23)14-4-9-25-15(14)17-20-7-8-21(17)3/h7-8,13-16H,4-6,9-12H2,1-3H3/t14-,15-,16?/m1/s1. The molecule has 1 aromatic heterocycles. The van der Waals surface area contributed by atoms with Gasteiger partial charge in [0.25, 0.3) is 0 Å². The van der Waals surface area contributed by atoms with Gasteiger partial charge in [-0.1, -0.05) is 13.8 Å². The Morgan fingerprint density at radius 1 is 1.32 bits per heavy atom. The van der Waals surface area contributed by atoms with Crippen LogP contribution in [0.25, 0.3) is 0 Å². The van der Waals surface area contributed by atoms with Crippen LogP contribution < -0.4 is 0 Å². The van der Waals surface area contributed by atoms with Crippen molar-refractivity contribution in [1.29, 1.82) is 0 Å². The molecule has 4 heterocycles. The first-order chi connectivity index (χ1) is 12.0. The molecule has 0 bridgehead atoms. The van der Waals surface area contributed by atoms with E-state index in [1.54, 1.807) is 6.20 Å². The minimum atomic E-state index is -0.216. The summed E-state index contributed by atoms with van der Waals surface area (Å²) in [7, 11) is 1.96. The van der Waals surface area contributed by atoms with Crippen molar-refractivity contribution in [3.05, 3.63) is 18.2 Å². The van der Waals surface area contributed by atoms with E-state index in [2.05, 4.69) is 23.7 Å². The van der Waals surface area contributed by atoms with Gasteiger partial charge in [-0.05, 0) is 25.2 Å². The van der Waals surface area contributed by atoms with Crippen molar-refractivity contribution < 1.29 is 14.3 Å². The van der Waals surface area contributed by atoms with E-state index < -0.39 is 0 Å². The molecule has 0 aliphatic carbocycles. The molecule has 1 aromatic rings. The molecule has 0 N–H and O–H groups in total. The molecule has 25 heavy (non-hydrogen) atoms. The molecule has 3 aliphatic rings. The van der Waals surface area contributed by atoms with E-state index in [0.717, 1.165) is 44.8 Å². The van der Waals surface area contributed by atoms with Crippen molar-refractivity contribution in [3.63, 3.8) is 0 Å². The molecule has 1 spiro atoms. The van der Waals surface area contributed by atoms with Gasteiger partial charge in [-0.25, -0.2) is 4.98 Å². The lowest BCUT2D eigenvalue weighted by atomic mass is 9.62. The summed E-state index contributed by atoms with van der Waals surface area (Å²) >= 11 is 0. The van der Waals surface area contributed by atoms with E-state index in [9.17, 15) is 4.79 Å². The highest BCUT2D eigenvalue weighted by molar-refractivity contribution is 5.81. The second kappa shape index (κ2) is 6.40. The molecule has 1 amide bonds. The van der Waals surface area contributed by atoms with Crippen LogP contribution in [0.5, 0.6) is 0 Å². The Labute approximate surface area is 149 Å². The topological polar surface area (TPSA) is 56.6 Å². The van der Waals surface area contributed by atoms with Crippen molar-refractivity contribution in [2.45, 2.75) is 45.3 Å². The quantitative estimate of drug-likeness (QED) is 0.841. The fraction of sp³-hybridized carbons (Fsp3) is 0.789. The number of imidazole rings is 1. The maximum atomic E-state index is 13.4. The van der Waals surface area contributed by atoms with Gasteiger partial charge in [-0.15, -0.1) is 0 Å². The highest BCUT2D eigenvalue weighted by atomic mass is 16.5. The van der Waals surface area contributed by atoms with E-state index >= 15 is 0 Å². The zero-order valence-electron chi connectivity index (χ0n) is 15.5. The Morgan fingerprint density at radius 3 is 2.72 bits per heavy atom. The van der Waals surface area contributed by atoms with Crippen LogP contribution in [0, 0.1) is 17.3 Å². The number of hydrogen-bond acceptors (Lipinski definition) is 4. The van der Waals surface area contributed by atoms with Gasteiger partial charge in [0.1, 0.15) is 11.9 Å². The number of aromatic nitrogens is 2. The molecular formula is C19H29N3O3. The molecule has 1 unspecified atom stereocenters. The van der Waals surface area contributed by atoms with Crippen LogP contribution in [-0.4, -0.2) is 52.8 Å². The van der Waals surface area contributed by atoms with Crippen LogP contribution in [0.3, 0.4) is 0 Å². The van der Waals surface area contributed by atoms with Crippen molar-refractivity contribution >= 4 is 5.91 Å². The predicted octanol–water partition coefficient (Wildman–Crippen LogP) is 2.16. The average molecular weight is 347 g/mol. The fourth-order valence-corrected chi connectivity index (χ4v) is 5.22. The first-order valence-electron chi connectivity index (χ1n) is 9.50. The highest BCUT2D eigenvalue weighted by Gasteiger charge is 2.57. The summed E-state index contributed by atoms with van der Waals surface area (Å²) in [5, 5.41) is 0. The van der Waals surface area contributed by atoms with Gasteiger partial charge in [-0.2, -0.15) is 0 Å². The largest absolute Gasteiger partial charge is 0.381 e. The van der Waals surface area contributed by atoms with Crippen LogP contribution in [0.4, 0.5) is 0 Å². The predicted molar refractivity (Wildman–Crippen MR) is 92.8 cm³/mol. The fourth-order valence-electron chi connectivity index (χ4n) is 5.22. The third kappa shape index (κ3) is 2.70. The summed E-state index contributed by atoms with van der Waals surface area (Å²) in [4.78, 5) is 19.9. The maximum Gasteiger partial charge on any atom is 0.229 e. The molecule has 3 saturated heterocycles. The Balaban J connectivity index is 1.53. The van der Waals surface area contributed by atoms with E-state index in [0.29, 0.717) is 18.6 Å². The van der Waals surface area contributed by atoms with Gasteiger partial charge in [-0.3, -0.25) is 4.79 Å². The minimum absolute atomic E-state index is 0.112. The summed E-state index contributed by atoms with van der Waals surface area (Å²) in [6, 6.07) is 0.325. The zero-order chi connectivity index (χ0) is 17.6. The van der Waals surface area contributed by atoms with Crippen LogP contribution in [-0.2, 0) is 21.3 Å². The third-order valence-corrected chi connectivity index (χ3v) is 6.37. The van der Waals surface area contributed by atoms with Crippen LogP contribution in [0.2, 0.25) is 0 Å². The first kappa shape index (κ1) is 17.0. The van der Waals surface area contributed by atoms with Gasteiger partial charge in [0.2, 0.25) is 5.91 Å². The van der Waals surface area contributed by atoms with E-state index in [1.165, 1.54) is 0 Å². The molecule has 3 fully saturated rings. The number of carbonyl (C=O) groups excluding carboxylic acids is 1. The lowest BCUT2D eigenvalue weighted by molar-refractivity contribution is -0.180. The normalized spacial score (nSPS) is 31.5. The number of likely N-dealkylation sites (tertiary alicyclic amines) is 1. The highest BCUT2D eigenvalue weighted by Crippen LogP contribution is 2.50. The van der Waals surface area contributed by atoms with Gasteiger partial charge in [0, 0.05) is 57.3 Å². The second-order valence-corrected chi connectivity index (χ2v) is 8.21. The number of rotatable bonds is 3. The molecule has 3 aliphatic heterocycles. The second-order valence-electron chi connectivity index (χ2n) is 8.21. The summed E-state index contributed by atoms with van der Waals surface area (Å²) < 4.78 is 13.4.